The van der Waals surface area contributed by atoms with E-state index in [9.17, 15) is 4.79 Å². The Kier molecular flexibility index (Phi) is 4.06. The standard InChI is InChI=1S/C20H20N4O2S/c25-19(17-4-2-10-27-17)23-8-5-20(6-9-23)14-24-16(12-22-18(24)13-26-20)15-3-1-7-21-11-15/h1-4,7,10-12H,5-6,8-9,13-14H2. The molecule has 0 N–H and O–H groups in total. The summed E-state index contributed by atoms with van der Waals surface area (Å²) in [5.41, 5.74) is 1.92. The molecule has 5 heterocycles. The Balaban J connectivity index is 1.34. The minimum absolute atomic E-state index is 0.134. The summed E-state index contributed by atoms with van der Waals surface area (Å²) in [6.07, 6.45) is 7.24. The van der Waals surface area contributed by atoms with Crippen molar-refractivity contribution in [3.8, 4) is 11.3 Å². The monoisotopic (exact) mass is 380 g/mol. The van der Waals surface area contributed by atoms with Gasteiger partial charge in [-0.2, -0.15) is 0 Å². The zero-order chi connectivity index (χ0) is 18.3. The van der Waals surface area contributed by atoms with Gasteiger partial charge < -0.3 is 14.2 Å². The number of imidazole rings is 1. The number of nitrogens with zero attached hydrogens (tertiary/aromatic N) is 4. The summed E-state index contributed by atoms with van der Waals surface area (Å²) in [4.78, 5) is 24.1. The second-order valence-electron chi connectivity index (χ2n) is 7.13. The maximum Gasteiger partial charge on any atom is 0.263 e. The lowest BCUT2D eigenvalue weighted by molar-refractivity contribution is -0.117. The van der Waals surface area contributed by atoms with Crippen LogP contribution < -0.4 is 0 Å². The molecular weight excluding hydrogens is 360 g/mol. The average molecular weight is 380 g/mol. The minimum Gasteiger partial charge on any atom is -0.365 e. The number of pyridine rings is 1. The Morgan fingerprint density at radius 1 is 1.19 bits per heavy atom. The van der Waals surface area contributed by atoms with Crippen LogP contribution in [0.2, 0.25) is 0 Å². The summed E-state index contributed by atoms with van der Waals surface area (Å²) in [6, 6.07) is 7.82. The van der Waals surface area contributed by atoms with Gasteiger partial charge in [-0.3, -0.25) is 9.78 Å². The van der Waals surface area contributed by atoms with Crippen LogP contribution in [0.15, 0.2) is 48.2 Å². The first kappa shape index (κ1) is 16.6. The Hall–Kier alpha value is -2.51. The number of piperidine rings is 1. The van der Waals surface area contributed by atoms with Crippen LogP contribution in [0.5, 0.6) is 0 Å². The van der Waals surface area contributed by atoms with Crippen molar-refractivity contribution in [2.75, 3.05) is 13.1 Å². The van der Waals surface area contributed by atoms with Gasteiger partial charge in [0.1, 0.15) is 12.4 Å². The number of amides is 1. The predicted octanol–water partition coefficient (Wildman–Crippen LogP) is 3.21. The topological polar surface area (TPSA) is 60.2 Å². The van der Waals surface area contributed by atoms with Crippen molar-refractivity contribution < 1.29 is 9.53 Å². The third-order valence-electron chi connectivity index (χ3n) is 5.54. The molecular formula is C20H20N4O2S. The van der Waals surface area contributed by atoms with Gasteiger partial charge in [0.25, 0.3) is 5.91 Å². The lowest BCUT2D eigenvalue weighted by Crippen LogP contribution is -2.51. The number of ether oxygens (including phenoxy) is 1. The fourth-order valence-corrected chi connectivity index (χ4v) is 4.67. The van der Waals surface area contributed by atoms with Gasteiger partial charge in [0, 0.05) is 31.0 Å². The Bertz CT molecular complexity index is 944. The molecule has 1 fully saturated rings. The summed E-state index contributed by atoms with van der Waals surface area (Å²) < 4.78 is 8.53. The van der Waals surface area contributed by atoms with Gasteiger partial charge in [0.05, 0.1) is 28.9 Å². The number of hydrogen-bond donors (Lipinski definition) is 0. The van der Waals surface area contributed by atoms with Crippen molar-refractivity contribution >= 4 is 17.2 Å². The third-order valence-corrected chi connectivity index (χ3v) is 6.40. The van der Waals surface area contributed by atoms with E-state index in [-0.39, 0.29) is 11.5 Å². The zero-order valence-electron chi connectivity index (χ0n) is 14.9. The SMILES string of the molecule is O=C(c1cccs1)N1CCC2(CC1)Cn1c(-c3cccnc3)cnc1CO2. The lowest BCUT2D eigenvalue weighted by Gasteiger charge is -2.44. The summed E-state index contributed by atoms with van der Waals surface area (Å²) in [6.45, 7) is 2.73. The molecule has 3 aromatic rings. The quantitative estimate of drug-likeness (QED) is 0.685. The average Bonchev–Trinajstić information content (AvgIpc) is 3.39. The minimum atomic E-state index is -0.225. The fraction of sp³-hybridized carbons (Fsp3) is 0.350. The first-order valence-corrected chi connectivity index (χ1v) is 10.0. The van der Waals surface area contributed by atoms with Gasteiger partial charge >= 0.3 is 0 Å². The van der Waals surface area contributed by atoms with E-state index < -0.39 is 0 Å². The zero-order valence-corrected chi connectivity index (χ0v) is 15.7. The van der Waals surface area contributed by atoms with E-state index in [1.165, 1.54) is 11.3 Å². The van der Waals surface area contributed by atoms with E-state index in [0.717, 1.165) is 54.4 Å². The number of carbonyl (C=O) groups excluding carboxylic acids is 1. The molecule has 0 aromatic carbocycles. The molecule has 2 aliphatic heterocycles. The predicted molar refractivity (Wildman–Crippen MR) is 102 cm³/mol. The number of aromatic nitrogens is 3. The molecule has 1 amide bonds. The highest BCUT2D eigenvalue weighted by molar-refractivity contribution is 7.12. The number of hydrogen-bond acceptors (Lipinski definition) is 5. The van der Waals surface area contributed by atoms with Gasteiger partial charge in [-0.25, -0.2) is 4.98 Å². The van der Waals surface area contributed by atoms with Crippen LogP contribution >= 0.6 is 11.3 Å². The highest BCUT2D eigenvalue weighted by Gasteiger charge is 2.41. The maximum atomic E-state index is 12.6. The Labute approximate surface area is 161 Å². The molecule has 0 radical (unpaired) electrons. The largest absolute Gasteiger partial charge is 0.365 e. The molecule has 0 unspecified atom stereocenters. The molecule has 0 bridgehead atoms. The summed E-state index contributed by atoms with van der Waals surface area (Å²) in [5, 5.41) is 1.95. The molecule has 7 heteroatoms. The first-order valence-electron chi connectivity index (χ1n) is 9.16. The third kappa shape index (κ3) is 2.96. The summed E-state index contributed by atoms with van der Waals surface area (Å²) >= 11 is 1.50. The molecule has 138 valence electrons. The smallest absolute Gasteiger partial charge is 0.263 e. The van der Waals surface area contributed by atoms with Crippen molar-refractivity contribution in [1.82, 2.24) is 19.4 Å². The molecule has 2 aliphatic rings. The molecule has 0 aliphatic carbocycles. The van der Waals surface area contributed by atoms with E-state index in [0.29, 0.717) is 6.61 Å². The summed E-state index contributed by atoms with van der Waals surface area (Å²) in [7, 11) is 0. The molecule has 0 atom stereocenters. The van der Waals surface area contributed by atoms with Crippen LogP contribution in [0.25, 0.3) is 11.3 Å². The normalized spacial score (nSPS) is 18.4. The second kappa shape index (κ2) is 6.58. The number of likely N-dealkylation sites (tertiary alicyclic amines) is 1. The summed E-state index contributed by atoms with van der Waals surface area (Å²) in [5.74, 6) is 1.09. The molecule has 5 rings (SSSR count). The molecule has 6 nitrogen and oxygen atoms in total. The Morgan fingerprint density at radius 3 is 2.81 bits per heavy atom. The molecule has 1 spiro atoms. The molecule has 1 saturated heterocycles. The van der Waals surface area contributed by atoms with Crippen LogP contribution in [0, 0.1) is 0 Å². The van der Waals surface area contributed by atoms with E-state index in [4.69, 9.17) is 4.74 Å². The van der Waals surface area contributed by atoms with Crippen molar-refractivity contribution in [2.45, 2.75) is 31.6 Å². The highest BCUT2D eigenvalue weighted by Crippen LogP contribution is 2.36. The molecule has 0 saturated carbocycles. The fourth-order valence-electron chi connectivity index (χ4n) is 3.98. The van der Waals surface area contributed by atoms with Gasteiger partial charge in [0.2, 0.25) is 0 Å². The van der Waals surface area contributed by atoms with Gasteiger partial charge in [0.15, 0.2) is 0 Å². The van der Waals surface area contributed by atoms with Gasteiger partial charge in [-0.05, 0) is 36.4 Å². The van der Waals surface area contributed by atoms with Crippen LogP contribution in [0.1, 0.15) is 28.3 Å². The van der Waals surface area contributed by atoms with Crippen molar-refractivity contribution in [2.24, 2.45) is 0 Å². The van der Waals surface area contributed by atoms with Crippen LogP contribution in [0.3, 0.4) is 0 Å². The second-order valence-corrected chi connectivity index (χ2v) is 8.08. The van der Waals surface area contributed by atoms with Gasteiger partial charge in [-0.1, -0.05) is 6.07 Å². The van der Waals surface area contributed by atoms with Crippen molar-refractivity contribution in [3.63, 3.8) is 0 Å². The number of carbonyl (C=O) groups is 1. The van der Waals surface area contributed by atoms with Crippen LogP contribution in [-0.4, -0.2) is 44.0 Å². The molecule has 27 heavy (non-hydrogen) atoms. The van der Waals surface area contributed by atoms with Crippen LogP contribution in [-0.2, 0) is 17.9 Å². The maximum absolute atomic E-state index is 12.6. The lowest BCUT2D eigenvalue weighted by atomic mass is 9.89. The van der Waals surface area contributed by atoms with E-state index >= 15 is 0 Å². The van der Waals surface area contributed by atoms with Gasteiger partial charge in [-0.15, -0.1) is 11.3 Å². The van der Waals surface area contributed by atoms with E-state index in [2.05, 4.69) is 20.6 Å². The Morgan fingerprint density at radius 2 is 2.07 bits per heavy atom. The van der Waals surface area contributed by atoms with Crippen molar-refractivity contribution in [1.29, 1.82) is 0 Å². The number of rotatable bonds is 2. The number of fused-ring (bicyclic) bond motifs is 1. The number of thiophene rings is 1. The highest BCUT2D eigenvalue weighted by atomic mass is 32.1. The van der Waals surface area contributed by atoms with Crippen molar-refractivity contribution in [3.05, 3.63) is 58.9 Å². The van der Waals surface area contributed by atoms with E-state index in [1.54, 1.807) is 6.20 Å². The van der Waals surface area contributed by atoms with E-state index in [1.807, 2.05) is 40.9 Å². The van der Waals surface area contributed by atoms with Crippen LogP contribution in [0.4, 0.5) is 0 Å². The molecule has 3 aromatic heterocycles. The first-order chi connectivity index (χ1) is 13.2.